The number of likely N-dealkylation sites (tertiary alicyclic amines) is 1. The smallest absolute Gasteiger partial charge is 0.327 e. The number of aromatic nitrogens is 4. The number of carbonyl (C=O) groups is 1. The summed E-state index contributed by atoms with van der Waals surface area (Å²) in [5, 5.41) is 0. The van der Waals surface area contributed by atoms with E-state index in [2.05, 4.69) is 26.8 Å². The Balaban J connectivity index is 1.62. The van der Waals surface area contributed by atoms with Crippen LogP contribution in [0.15, 0.2) is 4.79 Å². The number of unbranched alkanes of at least 4 members (excludes halogenated alkanes) is 1. The van der Waals surface area contributed by atoms with E-state index in [1.165, 1.54) is 7.11 Å². The summed E-state index contributed by atoms with van der Waals surface area (Å²) in [5.74, 6) is 0.392. The number of nitrogens with one attached hydrogen (secondary N) is 1. The Hall–Kier alpha value is -2.62. The number of carbonyl (C=O) groups excluding carboxylic acids is 1. The lowest BCUT2D eigenvalue weighted by Crippen LogP contribution is -2.37. The molecule has 3 rings (SSSR count). The van der Waals surface area contributed by atoms with Crippen molar-refractivity contribution in [2.75, 3.05) is 39.1 Å². The molecule has 1 aliphatic rings. The van der Waals surface area contributed by atoms with Crippen LogP contribution in [0.5, 0.6) is 6.01 Å². The molecule has 1 unspecified atom stereocenters. The normalized spacial score (nSPS) is 17.3. The summed E-state index contributed by atoms with van der Waals surface area (Å²) in [6, 6.07) is 0.197. The highest BCUT2D eigenvalue weighted by Gasteiger charge is 2.22. The van der Waals surface area contributed by atoms with Crippen molar-refractivity contribution < 1.29 is 14.3 Å². The molecule has 0 amide bonds. The number of methoxy groups -OCH3 is 1. The third-order valence-corrected chi connectivity index (χ3v) is 5.50. The van der Waals surface area contributed by atoms with Gasteiger partial charge in [-0.2, -0.15) is 9.97 Å². The van der Waals surface area contributed by atoms with Crippen molar-refractivity contribution in [3.63, 3.8) is 0 Å². The predicted octanol–water partition coefficient (Wildman–Crippen LogP) is 1.55. The lowest BCUT2D eigenvalue weighted by Gasteiger charge is -2.32. The molecule has 3 heterocycles. The molecule has 2 aromatic rings. The van der Waals surface area contributed by atoms with E-state index in [4.69, 9.17) is 15.2 Å². The standard InChI is InChI=1S/C20H32N6O4/c1-3-4-11-30-19-23-17(21)16-18(24-19)26(20(28)22-16)10-6-9-25-8-5-7-14(13-25)12-15(27)29-2/h14H,3-13H2,1-2H3,(H,22,28)(H2,21,23,24). The predicted molar refractivity (Wildman–Crippen MR) is 113 cm³/mol. The maximum Gasteiger partial charge on any atom is 0.327 e. The van der Waals surface area contributed by atoms with Crippen LogP contribution in [0.1, 0.15) is 45.4 Å². The third-order valence-electron chi connectivity index (χ3n) is 5.50. The summed E-state index contributed by atoms with van der Waals surface area (Å²) in [7, 11) is 1.43. The number of rotatable bonds is 10. The van der Waals surface area contributed by atoms with Gasteiger partial charge >= 0.3 is 17.7 Å². The molecule has 2 aromatic heterocycles. The fraction of sp³-hybridized carbons (Fsp3) is 0.700. The molecule has 1 aliphatic heterocycles. The zero-order valence-electron chi connectivity index (χ0n) is 17.9. The average molecular weight is 421 g/mol. The second-order valence-electron chi connectivity index (χ2n) is 7.82. The fourth-order valence-corrected chi connectivity index (χ4v) is 3.90. The lowest BCUT2D eigenvalue weighted by atomic mass is 9.95. The lowest BCUT2D eigenvalue weighted by molar-refractivity contribution is -0.142. The molecule has 0 aromatic carbocycles. The van der Waals surface area contributed by atoms with Crippen LogP contribution < -0.4 is 16.2 Å². The number of esters is 1. The number of piperidine rings is 1. The topological polar surface area (TPSA) is 128 Å². The maximum atomic E-state index is 12.4. The molecule has 166 valence electrons. The zero-order valence-corrected chi connectivity index (χ0v) is 17.9. The molecule has 0 saturated carbocycles. The van der Waals surface area contributed by atoms with Crippen LogP contribution >= 0.6 is 0 Å². The van der Waals surface area contributed by atoms with Crippen molar-refractivity contribution in [2.24, 2.45) is 5.92 Å². The Morgan fingerprint density at radius 3 is 2.90 bits per heavy atom. The van der Waals surface area contributed by atoms with Gasteiger partial charge in [0.25, 0.3) is 0 Å². The zero-order chi connectivity index (χ0) is 21.5. The van der Waals surface area contributed by atoms with Gasteiger partial charge in [-0.25, -0.2) is 4.79 Å². The Labute approximate surface area is 175 Å². The van der Waals surface area contributed by atoms with Crippen molar-refractivity contribution in [2.45, 2.75) is 52.0 Å². The molecular formula is C20H32N6O4. The molecular weight excluding hydrogens is 388 g/mol. The molecule has 0 bridgehead atoms. The highest BCUT2D eigenvalue weighted by Crippen LogP contribution is 2.21. The van der Waals surface area contributed by atoms with Crippen LogP contribution in [0.25, 0.3) is 11.2 Å². The van der Waals surface area contributed by atoms with E-state index in [0.29, 0.717) is 36.7 Å². The van der Waals surface area contributed by atoms with Crippen molar-refractivity contribution in [3.05, 3.63) is 10.5 Å². The monoisotopic (exact) mass is 420 g/mol. The van der Waals surface area contributed by atoms with Gasteiger partial charge in [-0.15, -0.1) is 0 Å². The van der Waals surface area contributed by atoms with Gasteiger partial charge in [0.2, 0.25) is 0 Å². The number of nitrogens with two attached hydrogens (primary N) is 1. The Morgan fingerprint density at radius 2 is 2.13 bits per heavy atom. The number of aromatic amines is 1. The molecule has 1 saturated heterocycles. The van der Waals surface area contributed by atoms with Gasteiger partial charge < -0.3 is 25.1 Å². The number of H-pyrrole nitrogens is 1. The van der Waals surface area contributed by atoms with Gasteiger partial charge in [-0.1, -0.05) is 13.3 Å². The van der Waals surface area contributed by atoms with Gasteiger partial charge in [-0.3, -0.25) is 9.36 Å². The average Bonchev–Trinajstić information content (AvgIpc) is 3.04. The maximum absolute atomic E-state index is 12.4. The number of anilines is 1. The number of nitrogen functional groups attached to an aromatic ring is 1. The molecule has 10 nitrogen and oxygen atoms in total. The molecule has 3 N–H and O–H groups in total. The molecule has 1 atom stereocenters. The summed E-state index contributed by atoms with van der Waals surface area (Å²) < 4.78 is 12.0. The quantitative estimate of drug-likeness (QED) is 0.438. The number of hydrogen-bond acceptors (Lipinski definition) is 8. The number of ether oxygens (including phenoxy) is 2. The molecule has 0 radical (unpaired) electrons. The van der Waals surface area contributed by atoms with Crippen molar-refractivity contribution in [3.8, 4) is 6.01 Å². The van der Waals surface area contributed by atoms with Crippen LogP contribution in [0, 0.1) is 5.92 Å². The number of nitrogens with zero attached hydrogens (tertiary/aromatic N) is 4. The minimum absolute atomic E-state index is 0.151. The van der Waals surface area contributed by atoms with E-state index >= 15 is 0 Å². The van der Waals surface area contributed by atoms with E-state index in [9.17, 15) is 9.59 Å². The first-order chi connectivity index (χ1) is 14.5. The van der Waals surface area contributed by atoms with E-state index in [-0.39, 0.29) is 23.5 Å². The number of fused-ring (bicyclic) bond motifs is 1. The molecule has 0 spiro atoms. The highest BCUT2D eigenvalue weighted by atomic mass is 16.5. The van der Waals surface area contributed by atoms with Crippen molar-refractivity contribution >= 4 is 23.0 Å². The SMILES string of the molecule is CCCCOc1nc(N)c2[nH]c(=O)n(CCCN3CCCC(CC(=O)OC)C3)c2n1. The van der Waals surface area contributed by atoms with Crippen molar-refractivity contribution in [1.82, 2.24) is 24.4 Å². The van der Waals surface area contributed by atoms with E-state index in [1.807, 2.05) is 0 Å². The summed E-state index contributed by atoms with van der Waals surface area (Å²) >= 11 is 0. The minimum Gasteiger partial charge on any atom is -0.469 e. The van der Waals surface area contributed by atoms with Crippen LogP contribution in [0.4, 0.5) is 5.82 Å². The van der Waals surface area contributed by atoms with Gasteiger partial charge in [0.1, 0.15) is 5.52 Å². The van der Waals surface area contributed by atoms with Gasteiger partial charge in [-0.05, 0) is 44.7 Å². The van der Waals surface area contributed by atoms with Crippen LogP contribution in [-0.4, -0.2) is 63.7 Å². The third kappa shape index (κ3) is 5.50. The summed E-state index contributed by atoms with van der Waals surface area (Å²) in [4.78, 5) is 37.6. The second kappa shape index (κ2) is 10.4. The summed E-state index contributed by atoms with van der Waals surface area (Å²) in [6.07, 6.45) is 5.26. The first kappa shape index (κ1) is 22.1. The first-order valence-corrected chi connectivity index (χ1v) is 10.7. The van der Waals surface area contributed by atoms with Crippen LogP contribution in [0.2, 0.25) is 0 Å². The Morgan fingerprint density at radius 1 is 1.30 bits per heavy atom. The second-order valence-corrected chi connectivity index (χ2v) is 7.82. The summed E-state index contributed by atoms with van der Waals surface area (Å²) in [6.45, 7) is 5.83. The van der Waals surface area contributed by atoms with Gasteiger partial charge in [0, 0.05) is 19.5 Å². The number of hydrogen-bond donors (Lipinski definition) is 2. The molecule has 1 fully saturated rings. The van der Waals surface area contributed by atoms with E-state index < -0.39 is 0 Å². The van der Waals surface area contributed by atoms with Gasteiger partial charge in [0.05, 0.1) is 13.7 Å². The number of imidazole rings is 1. The van der Waals surface area contributed by atoms with Crippen LogP contribution in [0.3, 0.4) is 0 Å². The van der Waals surface area contributed by atoms with E-state index in [1.54, 1.807) is 4.57 Å². The number of aryl methyl sites for hydroxylation is 1. The molecule has 30 heavy (non-hydrogen) atoms. The first-order valence-electron chi connectivity index (χ1n) is 10.7. The molecule has 10 heteroatoms. The molecule has 0 aliphatic carbocycles. The van der Waals surface area contributed by atoms with E-state index in [0.717, 1.165) is 51.7 Å². The largest absolute Gasteiger partial charge is 0.469 e. The fourth-order valence-electron chi connectivity index (χ4n) is 3.90. The van der Waals surface area contributed by atoms with Crippen molar-refractivity contribution in [1.29, 1.82) is 0 Å². The minimum atomic E-state index is -0.251. The summed E-state index contributed by atoms with van der Waals surface area (Å²) in [5.41, 5.74) is 6.66. The Bertz CT molecular complexity index is 909. The Kier molecular flexibility index (Phi) is 7.67. The van der Waals surface area contributed by atoms with Crippen LogP contribution in [-0.2, 0) is 16.1 Å². The highest BCUT2D eigenvalue weighted by molar-refractivity contribution is 5.81. The van der Waals surface area contributed by atoms with Gasteiger partial charge in [0.15, 0.2) is 11.5 Å².